The van der Waals surface area contributed by atoms with Crippen molar-refractivity contribution in [2.45, 2.75) is 60.3 Å². The summed E-state index contributed by atoms with van der Waals surface area (Å²) in [7, 11) is 0. The van der Waals surface area contributed by atoms with E-state index in [4.69, 9.17) is 0 Å². The highest BCUT2D eigenvalue weighted by Gasteiger charge is 1.91. The Labute approximate surface area is 126 Å². The van der Waals surface area contributed by atoms with Crippen molar-refractivity contribution in [2.75, 3.05) is 0 Å². The summed E-state index contributed by atoms with van der Waals surface area (Å²) in [6.07, 6.45) is 17.8. The van der Waals surface area contributed by atoms with Gasteiger partial charge in [-0.25, -0.2) is 0 Å². The van der Waals surface area contributed by atoms with Gasteiger partial charge in [0.2, 0.25) is 0 Å². The lowest BCUT2D eigenvalue weighted by molar-refractivity contribution is 0.917. The van der Waals surface area contributed by atoms with Crippen LogP contribution in [0.15, 0.2) is 59.8 Å². The van der Waals surface area contributed by atoms with Gasteiger partial charge in [-0.1, -0.05) is 60.1 Å². The Morgan fingerprint density at radius 3 is 2.15 bits per heavy atom. The Kier molecular flexibility index (Phi) is 10.8. The third kappa shape index (κ3) is 11.8. The molecule has 0 aromatic carbocycles. The van der Waals surface area contributed by atoms with Crippen LogP contribution in [0, 0.1) is 5.92 Å². The van der Waals surface area contributed by atoms with E-state index in [9.17, 15) is 0 Å². The topological polar surface area (TPSA) is 0 Å². The monoisotopic (exact) mass is 272 g/mol. The average molecular weight is 272 g/mol. The lowest BCUT2D eigenvalue weighted by Gasteiger charge is -2.01. The molecule has 112 valence electrons. The van der Waals surface area contributed by atoms with E-state index in [1.807, 2.05) is 6.08 Å². The van der Waals surface area contributed by atoms with Gasteiger partial charge < -0.3 is 0 Å². The number of allylic oxidation sites excluding steroid dienone is 9. The second-order valence-electron chi connectivity index (χ2n) is 5.90. The summed E-state index contributed by atoms with van der Waals surface area (Å²) in [5, 5.41) is 0. The average Bonchev–Trinajstić information content (AvgIpc) is 2.38. The van der Waals surface area contributed by atoms with Crippen LogP contribution in [-0.2, 0) is 0 Å². The predicted molar refractivity (Wildman–Crippen MR) is 93.9 cm³/mol. The van der Waals surface area contributed by atoms with E-state index in [2.05, 4.69) is 71.6 Å². The summed E-state index contributed by atoms with van der Waals surface area (Å²) in [5.41, 5.74) is 4.36. The molecular formula is C20H32. The summed E-state index contributed by atoms with van der Waals surface area (Å²) < 4.78 is 0. The Balaban J connectivity index is 4.02. The fourth-order valence-electron chi connectivity index (χ4n) is 1.79. The molecule has 0 nitrogen and oxygen atoms in total. The minimum Gasteiger partial charge on any atom is -0.102 e. The molecule has 20 heavy (non-hydrogen) atoms. The molecule has 0 aromatic heterocycles. The minimum atomic E-state index is 0.455. The van der Waals surface area contributed by atoms with Crippen molar-refractivity contribution in [1.29, 1.82) is 0 Å². The first-order valence-electron chi connectivity index (χ1n) is 7.71. The summed E-state index contributed by atoms with van der Waals surface area (Å²) in [6, 6.07) is 0. The van der Waals surface area contributed by atoms with Crippen LogP contribution in [0.2, 0.25) is 0 Å². The maximum atomic E-state index is 3.78. The molecule has 0 aliphatic rings. The zero-order chi connectivity index (χ0) is 15.4. The molecule has 0 aromatic rings. The second-order valence-corrected chi connectivity index (χ2v) is 5.90. The summed E-state index contributed by atoms with van der Waals surface area (Å²) in [5.74, 6) is 0.455. The number of hydrogen-bond donors (Lipinski definition) is 0. The second kappa shape index (κ2) is 11.5. The van der Waals surface area contributed by atoms with Gasteiger partial charge in [-0.05, 0) is 59.3 Å². The van der Waals surface area contributed by atoms with Crippen LogP contribution >= 0.6 is 0 Å². The van der Waals surface area contributed by atoms with Crippen LogP contribution in [0.5, 0.6) is 0 Å². The van der Waals surface area contributed by atoms with Crippen LogP contribution in [0.3, 0.4) is 0 Å². The zero-order valence-corrected chi connectivity index (χ0v) is 14.1. The quantitative estimate of drug-likeness (QED) is 0.320. The van der Waals surface area contributed by atoms with Crippen molar-refractivity contribution in [2.24, 2.45) is 5.92 Å². The van der Waals surface area contributed by atoms with Gasteiger partial charge in [0.25, 0.3) is 0 Å². The molecule has 0 amide bonds. The minimum absolute atomic E-state index is 0.455. The molecule has 0 aliphatic heterocycles. The molecule has 0 aliphatic carbocycles. The van der Waals surface area contributed by atoms with Crippen molar-refractivity contribution >= 4 is 0 Å². The Bertz CT molecular complexity index is 384. The Morgan fingerprint density at radius 1 is 0.950 bits per heavy atom. The smallest absolute Gasteiger partial charge is 0.00814 e. The molecule has 0 N–H and O–H groups in total. The standard InChI is InChI=1S/C20H32/c1-7-18(4)12-9-14-20(6)16-10-15-19(5)13-8-11-17(2)3/h7,9,11-12,14-15,18H,1,8,10,13,16H2,2-6H3/b12-9+,19-15?,20-14+. The highest BCUT2D eigenvalue weighted by atomic mass is 14.0. The summed E-state index contributed by atoms with van der Waals surface area (Å²) >= 11 is 0. The van der Waals surface area contributed by atoms with Crippen LogP contribution in [0.4, 0.5) is 0 Å². The zero-order valence-electron chi connectivity index (χ0n) is 14.1. The van der Waals surface area contributed by atoms with Gasteiger partial charge in [0.1, 0.15) is 0 Å². The van der Waals surface area contributed by atoms with Gasteiger partial charge in [-0.15, -0.1) is 6.58 Å². The molecule has 1 unspecified atom stereocenters. The van der Waals surface area contributed by atoms with Crippen molar-refractivity contribution < 1.29 is 0 Å². The fourth-order valence-corrected chi connectivity index (χ4v) is 1.79. The highest BCUT2D eigenvalue weighted by Crippen LogP contribution is 2.11. The molecule has 0 spiro atoms. The molecule has 0 saturated carbocycles. The molecule has 0 heterocycles. The van der Waals surface area contributed by atoms with Gasteiger partial charge in [-0.2, -0.15) is 0 Å². The SMILES string of the molecule is C=CC(C)/C=C/C=C(\C)CCC=C(C)CCC=C(C)C. The van der Waals surface area contributed by atoms with Gasteiger partial charge in [0.15, 0.2) is 0 Å². The molecular weight excluding hydrogens is 240 g/mol. The van der Waals surface area contributed by atoms with E-state index < -0.39 is 0 Å². The lowest BCUT2D eigenvalue weighted by atomic mass is 10.1. The van der Waals surface area contributed by atoms with E-state index in [0.717, 1.165) is 12.8 Å². The predicted octanol–water partition coefficient (Wildman–Crippen LogP) is 6.78. The van der Waals surface area contributed by atoms with Crippen LogP contribution in [0.1, 0.15) is 60.3 Å². The van der Waals surface area contributed by atoms with E-state index in [1.165, 1.54) is 29.6 Å². The van der Waals surface area contributed by atoms with E-state index in [1.54, 1.807) is 0 Å². The van der Waals surface area contributed by atoms with Gasteiger partial charge in [0, 0.05) is 0 Å². The number of rotatable bonds is 9. The van der Waals surface area contributed by atoms with Crippen molar-refractivity contribution in [3.05, 3.63) is 59.8 Å². The van der Waals surface area contributed by atoms with Crippen LogP contribution in [-0.4, -0.2) is 0 Å². The fraction of sp³-hybridized carbons (Fsp3) is 0.500. The normalized spacial score (nSPS) is 14.4. The van der Waals surface area contributed by atoms with Gasteiger partial charge in [0.05, 0.1) is 0 Å². The molecule has 0 heteroatoms. The molecule has 0 fully saturated rings. The first-order chi connectivity index (χ1) is 9.45. The maximum Gasteiger partial charge on any atom is -0.00814 e. The van der Waals surface area contributed by atoms with E-state index >= 15 is 0 Å². The van der Waals surface area contributed by atoms with Crippen molar-refractivity contribution in [3.63, 3.8) is 0 Å². The Morgan fingerprint density at radius 2 is 1.55 bits per heavy atom. The van der Waals surface area contributed by atoms with Crippen LogP contribution in [0.25, 0.3) is 0 Å². The maximum absolute atomic E-state index is 3.78. The molecule has 0 rings (SSSR count). The van der Waals surface area contributed by atoms with Crippen molar-refractivity contribution in [3.8, 4) is 0 Å². The molecule has 0 bridgehead atoms. The molecule has 1 atom stereocenters. The van der Waals surface area contributed by atoms with Crippen molar-refractivity contribution in [1.82, 2.24) is 0 Å². The van der Waals surface area contributed by atoms with Gasteiger partial charge >= 0.3 is 0 Å². The lowest BCUT2D eigenvalue weighted by Crippen LogP contribution is -1.81. The first kappa shape index (κ1) is 18.7. The Hall–Kier alpha value is -1.30. The third-order valence-corrected chi connectivity index (χ3v) is 3.29. The largest absolute Gasteiger partial charge is 0.102 e. The molecule has 0 radical (unpaired) electrons. The van der Waals surface area contributed by atoms with E-state index in [-0.39, 0.29) is 0 Å². The number of hydrogen-bond acceptors (Lipinski definition) is 0. The molecule has 0 saturated heterocycles. The summed E-state index contributed by atoms with van der Waals surface area (Å²) in [4.78, 5) is 0. The van der Waals surface area contributed by atoms with E-state index in [0.29, 0.717) is 5.92 Å². The van der Waals surface area contributed by atoms with Crippen LogP contribution < -0.4 is 0 Å². The highest BCUT2D eigenvalue weighted by molar-refractivity contribution is 5.13. The first-order valence-corrected chi connectivity index (χ1v) is 7.71. The van der Waals surface area contributed by atoms with Gasteiger partial charge in [-0.3, -0.25) is 0 Å². The summed E-state index contributed by atoms with van der Waals surface area (Å²) in [6.45, 7) is 14.7. The third-order valence-electron chi connectivity index (χ3n) is 3.29.